The Bertz CT molecular complexity index is 875. The molecule has 0 aromatic heterocycles. The summed E-state index contributed by atoms with van der Waals surface area (Å²) in [6.45, 7) is 5.92. The number of aliphatic carboxylic acids is 1. The number of hydrogen-bond donors (Lipinski definition) is 2. The molecule has 0 aliphatic carbocycles. The summed E-state index contributed by atoms with van der Waals surface area (Å²) in [6.07, 6.45) is -0.324. The smallest absolute Gasteiger partial charge is 0.305 e. The van der Waals surface area contributed by atoms with Gasteiger partial charge in [0.25, 0.3) is 0 Å². The van der Waals surface area contributed by atoms with Crippen LogP contribution in [0.5, 0.6) is 0 Å². The summed E-state index contributed by atoms with van der Waals surface area (Å²) < 4.78 is 0. The van der Waals surface area contributed by atoms with Gasteiger partial charge in [0.05, 0.1) is 6.42 Å². The van der Waals surface area contributed by atoms with Crippen LogP contribution in [0.2, 0.25) is 5.02 Å². The second kappa shape index (κ2) is 6.19. The first-order chi connectivity index (χ1) is 11.8. The fourth-order valence-corrected chi connectivity index (χ4v) is 3.81. The SMILES string of the molecule is Cc1cc2c(cc1Cl)C(CC(=O)O)(c1ccccc1C(C)C)C(=O)N2. The molecular formula is C20H20ClNO3. The van der Waals surface area contributed by atoms with E-state index in [9.17, 15) is 14.7 Å². The molecule has 3 rings (SSSR count). The number of hydrogen-bond acceptors (Lipinski definition) is 2. The Balaban J connectivity index is 2.36. The minimum atomic E-state index is -1.28. The lowest BCUT2D eigenvalue weighted by molar-refractivity contribution is -0.140. The zero-order valence-electron chi connectivity index (χ0n) is 14.4. The molecule has 0 spiro atoms. The van der Waals surface area contributed by atoms with Gasteiger partial charge < -0.3 is 10.4 Å². The highest BCUT2D eigenvalue weighted by molar-refractivity contribution is 6.31. The quantitative estimate of drug-likeness (QED) is 0.847. The number of rotatable bonds is 4. The first kappa shape index (κ1) is 17.5. The molecule has 4 nitrogen and oxygen atoms in total. The maximum absolute atomic E-state index is 13.1. The molecule has 1 amide bonds. The van der Waals surface area contributed by atoms with Crippen LogP contribution in [0.4, 0.5) is 5.69 Å². The minimum Gasteiger partial charge on any atom is -0.481 e. The zero-order valence-corrected chi connectivity index (χ0v) is 15.1. The summed E-state index contributed by atoms with van der Waals surface area (Å²) >= 11 is 6.31. The normalized spacial score (nSPS) is 19.0. The predicted molar refractivity (Wildman–Crippen MR) is 98.4 cm³/mol. The van der Waals surface area contributed by atoms with E-state index in [4.69, 9.17) is 11.6 Å². The van der Waals surface area contributed by atoms with Gasteiger partial charge in [-0.05, 0) is 47.2 Å². The summed E-state index contributed by atoms with van der Waals surface area (Å²) in [5.74, 6) is -1.20. The molecule has 2 N–H and O–H groups in total. The first-order valence-electron chi connectivity index (χ1n) is 8.20. The molecule has 130 valence electrons. The molecule has 1 aliphatic rings. The van der Waals surface area contributed by atoms with Crippen LogP contribution in [0.3, 0.4) is 0 Å². The molecule has 5 heteroatoms. The summed E-state index contributed by atoms with van der Waals surface area (Å²) in [7, 11) is 0. The van der Waals surface area contributed by atoms with E-state index in [0.717, 1.165) is 16.7 Å². The van der Waals surface area contributed by atoms with Crippen LogP contribution in [0.1, 0.15) is 48.4 Å². The van der Waals surface area contributed by atoms with Crippen molar-refractivity contribution < 1.29 is 14.7 Å². The first-order valence-corrected chi connectivity index (χ1v) is 8.58. The van der Waals surface area contributed by atoms with Crippen LogP contribution in [0, 0.1) is 6.92 Å². The lowest BCUT2D eigenvalue weighted by atomic mass is 9.70. The molecular weight excluding hydrogens is 338 g/mol. The number of halogens is 1. The van der Waals surface area contributed by atoms with Crippen molar-refractivity contribution in [3.63, 3.8) is 0 Å². The lowest BCUT2D eigenvalue weighted by Gasteiger charge is -2.30. The molecule has 0 saturated carbocycles. The highest BCUT2D eigenvalue weighted by Gasteiger charge is 2.51. The van der Waals surface area contributed by atoms with Crippen molar-refractivity contribution in [2.75, 3.05) is 5.32 Å². The molecule has 0 radical (unpaired) electrons. The van der Waals surface area contributed by atoms with Gasteiger partial charge in [-0.25, -0.2) is 0 Å². The van der Waals surface area contributed by atoms with Gasteiger partial charge in [-0.15, -0.1) is 0 Å². The summed E-state index contributed by atoms with van der Waals surface area (Å²) in [5, 5.41) is 13.0. The van der Waals surface area contributed by atoms with Crippen molar-refractivity contribution in [1.82, 2.24) is 0 Å². The van der Waals surface area contributed by atoms with Crippen molar-refractivity contribution in [3.8, 4) is 0 Å². The minimum absolute atomic E-state index is 0.152. The van der Waals surface area contributed by atoms with E-state index in [2.05, 4.69) is 5.32 Å². The average Bonchev–Trinajstić information content (AvgIpc) is 2.80. The molecule has 0 fully saturated rings. The number of fused-ring (bicyclic) bond motifs is 1. The lowest BCUT2D eigenvalue weighted by Crippen LogP contribution is -2.39. The van der Waals surface area contributed by atoms with Crippen LogP contribution in [-0.2, 0) is 15.0 Å². The number of nitrogens with one attached hydrogen (secondary N) is 1. The maximum Gasteiger partial charge on any atom is 0.305 e. The monoisotopic (exact) mass is 357 g/mol. The molecule has 0 saturated heterocycles. The maximum atomic E-state index is 13.1. The second-order valence-electron chi connectivity index (χ2n) is 6.82. The third-order valence-electron chi connectivity index (χ3n) is 4.85. The average molecular weight is 358 g/mol. The summed E-state index contributed by atoms with van der Waals surface area (Å²) in [6, 6.07) is 11.1. The van der Waals surface area contributed by atoms with E-state index < -0.39 is 11.4 Å². The van der Waals surface area contributed by atoms with Gasteiger partial charge in [0.1, 0.15) is 5.41 Å². The van der Waals surface area contributed by atoms with Gasteiger partial charge in [-0.2, -0.15) is 0 Å². The number of anilines is 1. The number of carboxylic acid groups (broad SMARTS) is 1. The number of aryl methyl sites for hydroxylation is 1. The summed E-state index contributed by atoms with van der Waals surface area (Å²) in [5.41, 5.74) is 2.51. The Hall–Kier alpha value is -2.33. The Morgan fingerprint density at radius 1 is 1.24 bits per heavy atom. The Morgan fingerprint density at radius 2 is 1.92 bits per heavy atom. The predicted octanol–water partition coefficient (Wildman–Crippen LogP) is 4.48. The van der Waals surface area contributed by atoms with Crippen molar-refractivity contribution in [2.45, 2.75) is 38.5 Å². The fraction of sp³-hybridized carbons (Fsp3) is 0.300. The van der Waals surface area contributed by atoms with Crippen molar-refractivity contribution in [2.24, 2.45) is 0 Å². The van der Waals surface area contributed by atoms with Gasteiger partial charge in [0.15, 0.2) is 0 Å². The molecule has 1 unspecified atom stereocenters. The van der Waals surface area contributed by atoms with E-state index in [1.807, 2.05) is 45.0 Å². The topological polar surface area (TPSA) is 66.4 Å². The van der Waals surface area contributed by atoms with E-state index in [1.54, 1.807) is 12.1 Å². The largest absolute Gasteiger partial charge is 0.481 e. The molecule has 25 heavy (non-hydrogen) atoms. The molecule has 0 bridgehead atoms. The van der Waals surface area contributed by atoms with Crippen LogP contribution >= 0.6 is 11.6 Å². The Morgan fingerprint density at radius 3 is 2.56 bits per heavy atom. The van der Waals surface area contributed by atoms with Crippen molar-refractivity contribution in [1.29, 1.82) is 0 Å². The Kier molecular flexibility index (Phi) is 4.33. The molecule has 1 atom stereocenters. The molecule has 2 aromatic rings. The third kappa shape index (κ3) is 2.71. The molecule has 1 heterocycles. The van der Waals surface area contributed by atoms with Crippen molar-refractivity contribution in [3.05, 3.63) is 63.7 Å². The van der Waals surface area contributed by atoms with Gasteiger partial charge >= 0.3 is 5.97 Å². The second-order valence-corrected chi connectivity index (χ2v) is 7.23. The highest BCUT2D eigenvalue weighted by Crippen LogP contribution is 2.48. The number of benzene rings is 2. The number of amides is 1. The van der Waals surface area contributed by atoms with Gasteiger partial charge in [-0.1, -0.05) is 49.7 Å². The van der Waals surface area contributed by atoms with Gasteiger partial charge in [0, 0.05) is 10.7 Å². The third-order valence-corrected chi connectivity index (χ3v) is 5.26. The van der Waals surface area contributed by atoms with Crippen LogP contribution in [0.25, 0.3) is 0 Å². The molecule has 2 aromatic carbocycles. The highest BCUT2D eigenvalue weighted by atomic mass is 35.5. The molecule has 1 aliphatic heterocycles. The number of carbonyl (C=O) groups excluding carboxylic acids is 1. The fourth-order valence-electron chi connectivity index (χ4n) is 3.64. The van der Waals surface area contributed by atoms with E-state index in [1.165, 1.54) is 0 Å². The zero-order chi connectivity index (χ0) is 18.4. The summed E-state index contributed by atoms with van der Waals surface area (Å²) in [4.78, 5) is 24.8. The number of carboxylic acids is 1. The van der Waals surface area contributed by atoms with E-state index in [-0.39, 0.29) is 18.2 Å². The van der Waals surface area contributed by atoms with Crippen molar-refractivity contribution >= 4 is 29.2 Å². The number of carbonyl (C=O) groups is 2. The standard InChI is InChI=1S/C20H20ClNO3/c1-11(2)13-6-4-5-7-14(13)20(10-18(23)24)15-9-16(21)12(3)8-17(15)22-19(20)25/h4-9,11H,10H2,1-3H3,(H,22,25)(H,23,24). The van der Waals surface area contributed by atoms with Crippen LogP contribution in [0.15, 0.2) is 36.4 Å². The van der Waals surface area contributed by atoms with Gasteiger partial charge in [-0.3, -0.25) is 9.59 Å². The van der Waals surface area contributed by atoms with Crippen LogP contribution < -0.4 is 5.32 Å². The van der Waals surface area contributed by atoms with Crippen LogP contribution in [-0.4, -0.2) is 17.0 Å². The van der Waals surface area contributed by atoms with E-state index >= 15 is 0 Å². The van der Waals surface area contributed by atoms with E-state index in [0.29, 0.717) is 16.3 Å². The Labute approximate surface area is 151 Å². The van der Waals surface area contributed by atoms with Gasteiger partial charge in [0.2, 0.25) is 5.91 Å².